The lowest BCUT2D eigenvalue weighted by Crippen LogP contribution is -2.67. The second-order valence-corrected chi connectivity index (χ2v) is 17.1. The van der Waals surface area contributed by atoms with Gasteiger partial charge >= 0.3 is 0 Å². The molecule has 1 heterocycles. The maximum atomic E-state index is 14.3. The molecule has 1 aliphatic heterocycles. The Morgan fingerprint density at radius 3 is 1.87 bits per heavy atom. The molecule has 1 saturated heterocycles. The largest absolute Gasteiger partial charge is 0.497 e. The summed E-state index contributed by atoms with van der Waals surface area (Å²) in [6.45, 7) is 12.1. The lowest BCUT2D eigenvalue weighted by Gasteiger charge is -2.44. The minimum Gasteiger partial charge on any atom is -0.497 e. The van der Waals surface area contributed by atoms with Gasteiger partial charge in [-0.3, -0.25) is 4.79 Å². The monoisotopic (exact) mass is 619 g/mol. The van der Waals surface area contributed by atoms with Crippen molar-refractivity contribution in [1.29, 1.82) is 0 Å². The van der Waals surface area contributed by atoms with Crippen LogP contribution in [0.3, 0.4) is 0 Å². The van der Waals surface area contributed by atoms with E-state index in [4.69, 9.17) is 13.9 Å². The molecule has 6 heteroatoms. The van der Waals surface area contributed by atoms with Crippen LogP contribution in [0.25, 0.3) is 0 Å². The third kappa shape index (κ3) is 6.99. The number of carbonyl (C=O) groups is 1. The highest BCUT2D eigenvalue weighted by Gasteiger charge is 2.53. The molecule has 0 N–H and O–H groups in total. The van der Waals surface area contributed by atoms with Crippen molar-refractivity contribution in [3.8, 4) is 5.75 Å². The zero-order chi connectivity index (χ0) is 31.9. The number of nitrogens with zero attached hydrogens (tertiary/aromatic N) is 1. The fourth-order valence-corrected chi connectivity index (χ4v) is 11.3. The molecule has 234 valence electrons. The van der Waals surface area contributed by atoms with Crippen LogP contribution in [0, 0.1) is 5.92 Å². The van der Waals surface area contributed by atoms with Gasteiger partial charge in [0.05, 0.1) is 13.7 Å². The molecular formula is C39H45NO4Si. The Bertz CT molecular complexity index is 1480. The summed E-state index contributed by atoms with van der Waals surface area (Å²) in [5.41, 5.74) is 2.07. The van der Waals surface area contributed by atoms with Crippen LogP contribution in [0.1, 0.15) is 38.3 Å². The Balaban J connectivity index is 1.53. The van der Waals surface area contributed by atoms with Crippen LogP contribution in [0.5, 0.6) is 5.75 Å². The van der Waals surface area contributed by atoms with Gasteiger partial charge in [-0.15, -0.1) is 6.58 Å². The molecule has 5 nitrogen and oxygen atoms in total. The number of methoxy groups -OCH3 is 1. The zero-order valence-electron chi connectivity index (χ0n) is 26.9. The van der Waals surface area contributed by atoms with E-state index in [1.165, 1.54) is 10.4 Å². The summed E-state index contributed by atoms with van der Waals surface area (Å²) in [5, 5.41) is 2.24. The third-order valence-electron chi connectivity index (χ3n) is 8.91. The Kier molecular flexibility index (Phi) is 10.4. The lowest BCUT2D eigenvalue weighted by atomic mass is 9.96. The molecule has 0 saturated carbocycles. The number of carbonyl (C=O) groups excluding carboxylic acids is 1. The molecule has 0 aliphatic carbocycles. The van der Waals surface area contributed by atoms with Gasteiger partial charge < -0.3 is 18.8 Å². The predicted molar refractivity (Wildman–Crippen MR) is 184 cm³/mol. The topological polar surface area (TPSA) is 48.0 Å². The second kappa shape index (κ2) is 14.4. The molecule has 0 spiro atoms. The van der Waals surface area contributed by atoms with E-state index >= 15 is 0 Å². The number of likely N-dealkylation sites (tertiary alicyclic amines) is 1. The highest BCUT2D eigenvalue weighted by molar-refractivity contribution is 6.99. The highest BCUT2D eigenvalue weighted by Crippen LogP contribution is 2.39. The summed E-state index contributed by atoms with van der Waals surface area (Å²) in [7, 11) is -1.18. The van der Waals surface area contributed by atoms with Gasteiger partial charge in [0.25, 0.3) is 14.2 Å². The van der Waals surface area contributed by atoms with E-state index in [9.17, 15) is 4.79 Å². The normalized spacial score (nSPS) is 18.6. The molecule has 0 unspecified atom stereocenters. The number of benzene rings is 4. The van der Waals surface area contributed by atoms with Crippen LogP contribution in [-0.2, 0) is 27.1 Å². The zero-order valence-corrected chi connectivity index (χ0v) is 27.9. The summed E-state index contributed by atoms with van der Waals surface area (Å²) in [4.78, 5) is 16.3. The molecule has 4 aromatic carbocycles. The van der Waals surface area contributed by atoms with Crippen LogP contribution in [0.4, 0.5) is 0 Å². The minimum absolute atomic E-state index is 0.00959. The lowest BCUT2D eigenvalue weighted by molar-refractivity contribution is -0.140. The number of hydrogen-bond acceptors (Lipinski definition) is 4. The maximum absolute atomic E-state index is 14.3. The van der Waals surface area contributed by atoms with Crippen molar-refractivity contribution >= 4 is 24.6 Å². The fraction of sp³-hybridized carbons (Fsp3) is 0.308. The van der Waals surface area contributed by atoms with Crippen molar-refractivity contribution in [3.63, 3.8) is 0 Å². The van der Waals surface area contributed by atoms with Gasteiger partial charge in [-0.25, -0.2) is 0 Å². The van der Waals surface area contributed by atoms with Gasteiger partial charge in [0.2, 0.25) is 0 Å². The first-order valence-electron chi connectivity index (χ1n) is 15.7. The molecule has 45 heavy (non-hydrogen) atoms. The summed E-state index contributed by atoms with van der Waals surface area (Å²) in [5.74, 6) is 0.582. The van der Waals surface area contributed by atoms with Crippen molar-refractivity contribution in [2.45, 2.75) is 57.5 Å². The molecule has 1 fully saturated rings. The van der Waals surface area contributed by atoms with E-state index in [-0.39, 0.29) is 22.9 Å². The first-order valence-corrected chi connectivity index (χ1v) is 17.6. The molecular weight excluding hydrogens is 575 g/mol. The number of ether oxygens (including phenoxy) is 2. The second-order valence-electron chi connectivity index (χ2n) is 12.8. The van der Waals surface area contributed by atoms with Crippen molar-refractivity contribution in [3.05, 3.63) is 139 Å². The van der Waals surface area contributed by atoms with Crippen molar-refractivity contribution in [2.75, 3.05) is 13.7 Å². The first-order chi connectivity index (χ1) is 21.8. The van der Waals surface area contributed by atoms with Crippen LogP contribution in [0.15, 0.2) is 128 Å². The average Bonchev–Trinajstić information content (AvgIpc) is 3.30. The summed E-state index contributed by atoms with van der Waals surface area (Å²) >= 11 is 0. The third-order valence-corrected chi connectivity index (χ3v) is 13.9. The van der Waals surface area contributed by atoms with Gasteiger partial charge in [0, 0.05) is 25.1 Å². The molecule has 5 rings (SSSR count). The quantitative estimate of drug-likeness (QED) is 0.123. The molecule has 0 bridgehead atoms. The van der Waals surface area contributed by atoms with Gasteiger partial charge in [0.15, 0.2) is 0 Å². The number of rotatable bonds is 13. The minimum atomic E-state index is -2.84. The number of hydrogen-bond donors (Lipinski definition) is 0. The predicted octanol–water partition coefficient (Wildman–Crippen LogP) is 6.76. The van der Waals surface area contributed by atoms with Crippen molar-refractivity contribution in [2.24, 2.45) is 5.92 Å². The molecule has 4 aromatic rings. The van der Waals surface area contributed by atoms with E-state index in [1.54, 1.807) is 7.11 Å². The van der Waals surface area contributed by atoms with E-state index in [1.807, 2.05) is 65.6 Å². The summed E-state index contributed by atoms with van der Waals surface area (Å²) < 4.78 is 19.3. The molecule has 3 atom stereocenters. The van der Waals surface area contributed by atoms with Crippen LogP contribution in [-0.4, -0.2) is 45.0 Å². The van der Waals surface area contributed by atoms with Crippen molar-refractivity contribution < 1.29 is 18.7 Å². The SMILES string of the molecule is C=CC[C@H]1[C@H](CO[Si](c2ccccc2)(c2ccccc2)C(C)(C)C)[C@@H](OCc2ccccc2)C(=O)N1Cc1ccc(OC)cc1. The molecule has 0 radical (unpaired) electrons. The Hall–Kier alpha value is -3.97. The summed E-state index contributed by atoms with van der Waals surface area (Å²) in [6, 6.07) is 39.1. The van der Waals surface area contributed by atoms with Crippen molar-refractivity contribution in [1.82, 2.24) is 4.90 Å². The fourth-order valence-electron chi connectivity index (χ4n) is 6.67. The van der Waals surface area contributed by atoms with Crippen LogP contribution in [0.2, 0.25) is 5.04 Å². The summed E-state index contributed by atoms with van der Waals surface area (Å²) in [6.07, 6.45) is 1.91. The van der Waals surface area contributed by atoms with Gasteiger partial charge in [-0.05, 0) is 45.1 Å². The maximum Gasteiger partial charge on any atom is 0.261 e. The Morgan fingerprint density at radius 2 is 1.36 bits per heavy atom. The molecule has 1 aliphatic rings. The van der Waals surface area contributed by atoms with E-state index < -0.39 is 14.4 Å². The van der Waals surface area contributed by atoms with Gasteiger partial charge in [-0.2, -0.15) is 0 Å². The van der Waals surface area contributed by atoms with E-state index in [2.05, 4.69) is 88.0 Å². The highest BCUT2D eigenvalue weighted by atomic mass is 28.4. The first kappa shape index (κ1) is 32.4. The Morgan fingerprint density at radius 1 is 0.800 bits per heavy atom. The van der Waals surface area contributed by atoms with E-state index in [0.717, 1.165) is 16.9 Å². The van der Waals surface area contributed by atoms with Crippen LogP contribution < -0.4 is 15.1 Å². The molecule has 1 amide bonds. The average molecular weight is 620 g/mol. The van der Waals surface area contributed by atoms with Gasteiger partial charge in [0.1, 0.15) is 11.9 Å². The molecule has 0 aromatic heterocycles. The smallest absolute Gasteiger partial charge is 0.261 e. The number of amides is 1. The van der Waals surface area contributed by atoms with Crippen LogP contribution >= 0.6 is 0 Å². The van der Waals surface area contributed by atoms with Gasteiger partial charge in [-0.1, -0.05) is 130 Å². The van der Waals surface area contributed by atoms with E-state index in [0.29, 0.717) is 26.2 Å². The Labute approximate surface area is 269 Å². The standard InChI is InChI=1S/C39H45NO4Si/c1-6-16-36-35(29-44-45(39(2,3)4,33-19-12-8-13-20-33)34-21-14-9-15-22-34)37(43-28-31-17-10-7-11-18-31)38(41)40(36)27-30-23-25-32(42-5)26-24-30/h6-15,17-26,35-37H,1,16,27-29H2,2-5H3/t35-,36-,37+/m0/s1.